The normalized spacial score (nSPS) is 16.8. The van der Waals surface area contributed by atoms with E-state index in [0.717, 1.165) is 11.3 Å². The summed E-state index contributed by atoms with van der Waals surface area (Å²) in [5.74, 6) is 1.33. The molecule has 24 heavy (non-hydrogen) atoms. The van der Waals surface area contributed by atoms with Crippen molar-refractivity contribution in [3.8, 4) is 5.88 Å². The monoisotopic (exact) mass is 317 g/mol. The lowest BCUT2D eigenvalue weighted by Crippen LogP contribution is -2.21. The van der Waals surface area contributed by atoms with Crippen LogP contribution in [0.5, 0.6) is 5.88 Å². The standard InChI is InChI=1S/C22H23NO/c1-3-10-18(11-4-1)21(19-12-5-2-6-13-19)24-22-20-14-8-7-9-17(20)15-16-23-22/h1,3-4,7-11,14-16,19,21H,2,5-6,12-13H2. The van der Waals surface area contributed by atoms with Gasteiger partial charge in [-0.3, -0.25) is 0 Å². The Morgan fingerprint density at radius 1 is 0.833 bits per heavy atom. The molecule has 0 radical (unpaired) electrons. The molecule has 2 aromatic carbocycles. The van der Waals surface area contributed by atoms with Gasteiger partial charge in [-0.15, -0.1) is 0 Å². The molecule has 0 bridgehead atoms. The van der Waals surface area contributed by atoms with Crippen LogP contribution in [0.2, 0.25) is 0 Å². The van der Waals surface area contributed by atoms with E-state index in [4.69, 9.17) is 4.74 Å². The van der Waals surface area contributed by atoms with Crippen LogP contribution < -0.4 is 4.74 Å². The van der Waals surface area contributed by atoms with Crippen LogP contribution in [0.15, 0.2) is 66.9 Å². The highest BCUT2D eigenvalue weighted by molar-refractivity contribution is 5.86. The summed E-state index contributed by atoms with van der Waals surface area (Å²) in [6.07, 6.45) is 8.38. The van der Waals surface area contributed by atoms with E-state index in [-0.39, 0.29) is 6.10 Å². The van der Waals surface area contributed by atoms with E-state index in [0.29, 0.717) is 5.92 Å². The summed E-state index contributed by atoms with van der Waals surface area (Å²) in [5.41, 5.74) is 1.26. The zero-order chi connectivity index (χ0) is 16.2. The largest absolute Gasteiger partial charge is 0.469 e. The van der Waals surface area contributed by atoms with Crippen LogP contribution in [0.4, 0.5) is 0 Å². The molecule has 1 saturated carbocycles. The van der Waals surface area contributed by atoms with Crippen LogP contribution in [-0.4, -0.2) is 4.98 Å². The second-order valence-corrected chi connectivity index (χ2v) is 6.68. The van der Waals surface area contributed by atoms with Gasteiger partial charge in [-0.2, -0.15) is 0 Å². The third-order valence-corrected chi connectivity index (χ3v) is 5.08. The molecule has 2 nitrogen and oxygen atoms in total. The topological polar surface area (TPSA) is 22.1 Å². The van der Waals surface area contributed by atoms with E-state index in [1.54, 1.807) is 0 Å². The summed E-state index contributed by atoms with van der Waals surface area (Å²) in [6, 6.07) is 21.0. The summed E-state index contributed by atoms with van der Waals surface area (Å²) in [7, 11) is 0. The Hall–Kier alpha value is -2.35. The van der Waals surface area contributed by atoms with Crippen LogP contribution >= 0.6 is 0 Å². The number of hydrogen-bond acceptors (Lipinski definition) is 2. The molecule has 1 heterocycles. The van der Waals surface area contributed by atoms with E-state index in [1.807, 2.05) is 12.3 Å². The average molecular weight is 317 g/mol. The van der Waals surface area contributed by atoms with Crippen molar-refractivity contribution in [1.29, 1.82) is 0 Å². The maximum atomic E-state index is 6.54. The minimum absolute atomic E-state index is 0.0878. The minimum atomic E-state index is 0.0878. The molecule has 1 fully saturated rings. The van der Waals surface area contributed by atoms with Crippen molar-refractivity contribution >= 4 is 10.8 Å². The number of benzene rings is 2. The van der Waals surface area contributed by atoms with E-state index in [1.165, 1.54) is 43.1 Å². The van der Waals surface area contributed by atoms with Crippen LogP contribution in [0, 0.1) is 5.92 Å². The zero-order valence-corrected chi connectivity index (χ0v) is 13.9. The lowest BCUT2D eigenvalue weighted by Gasteiger charge is -2.31. The van der Waals surface area contributed by atoms with Gasteiger partial charge in [0.05, 0.1) is 0 Å². The first-order valence-electron chi connectivity index (χ1n) is 8.97. The van der Waals surface area contributed by atoms with Crippen molar-refractivity contribution in [2.75, 3.05) is 0 Å². The average Bonchev–Trinajstić information content (AvgIpc) is 2.67. The van der Waals surface area contributed by atoms with Crippen LogP contribution in [-0.2, 0) is 0 Å². The highest BCUT2D eigenvalue weighted by Crippen LogP contribution is 2.38. The number of rotatable bonds is 4. The Labute approximate surface area is 143 Å². The third-order valence-electron chi connectivity index (χ3n) is 5.08. The number of aromatic nitrogens is 1. The number of nitrogens with zero attached hydrogens (tertiary/aromatic N) is 1. The Bertz CT molecular complexity index is 788. The number of hydrogen-bond donors (Lipinski definition) is 0. The van der Waals surface area contributed by atoms with Gasteiger partial charge in [0, 0.05) is 17.5 Å². The van der Waals surface area contributed by atoms with E-state index >= 15 is 0 Å². The Morgan fingerprint density at radius 2 is 1.58 bits per heavy atom. The minimum Gasteiger partial charge on any atom is -0.469 e. The molecule has 1 atom stereocenters. The molecule has 1 unspecified atom stereocenters. The van der Waals surface area contributed by atoms with Crippen LogP contribution in [0.1, 0.15) is 43.8 Å². The highest BCUT2D eigenvalue weighted by atomic mass is 16.5. The molecule has 0 spiro atoms. The Morgan fingerprint density at radius 3 is 2.42 bits per heavy atom. The smallest absolute Gasteiger partial charge is 0.221 e. The molecular weight excluding hydrogens is 294 g/mol. The first kappa shape index (κ1) is 15.2. The lowest BCUT2D eigenvalue weighted by atomic mass is 9.82. The van der Waals surface area contributed by atoms with Gasteiger partial charge in [0.15, 0.2) is 0 Å². The van der Waals surface area contributed by atoms with E-state index < -0.39 is 0 Å². The van der Waals surface area contributed by atoms with Crippen LogP contribution in [0.3, 0.4) is 0 Å². The Kier molecular flexibility index (Phi) is 4.46. The van der Waals surface area contributed by atoms with Crippen molar-refractivity contribution in [2.24, 2.45) is 5.92 Å². The molecule has 1 aliphatic rings. The predicted molar refractivity (Wildman–Crippen MR) is 98.1 cm³/mol. The molecule has 4 rings (SSSR count). The Balaban J connectivity index is 1.70. The molecule has 1 aromatic heterocycles. The molecule has 0 amide bonds. The molecule has 1 aliphatic carbocycles. The SMILES string of the molecule is c1ccc(C(Oc2nccc3ccccc23)C2CCCCC2)cc1. The van der Waals surface area contributed by atoms with Gasteiger partial charge in [-0.1, -0.05) is 67.8 Å². The number of fused-ring (bicyclic) bond motifs is 1. The highest BCUT2D eigenvalue weighted by Gasteiger charge is 2.27. The molecule has 3 aromatic rings. The molecular formula is C22H23NO. The first-order chi connectivity index (χ1) is 11.9. The molecule has 0 aliphatic heterocycles. The van der Waals surface area contributed by atoms with Gasteiger partial charge in [0.25, 0.3) is 0 Å². The fraction of sp³-hybridized carbons (Fsp3) is 0.318. The summed E-state index contributed by atoms with van der Waals surface area (Å²) < 4.78 is 6.54. The third kappa shape index (κ3) is 3.14. The zero-order valence-electron chi connectivity index (χ0n) is 13.9. The summed E-state index contributed by atoms with van der Waals surface area (Å²) in [4.78, 5) is 4.54. The fourth-order valence-electron chi connectivity index (χ4n) is 3.82. The quantitative estimate of drug-likeness (QED) is 0.594. The van der Waals surface area contributed by atoms with Gasteiger partial charge in [-0.25, -0.2) is 4.98 Å². The first-order valence-corrected chi connectivity index (χ1v) is 8.97. The maximum absolute atomic E-state index is 6.54. The van der Waals surface area contributed by atoms with Crippen molar-refractivity contribution in [1.82, 2.24) is 4.98 Å². The number of pyridine rings is 1. The van der Waals surface area contributed by atoms with Crippen molar-refractivity contribution in [2.45, 2.75) is 38.2 Å². The number of ether oxygens (including phenoxy) is 1. The van der Waals surface area contributed by atoms with Crippen molar-refractivity contribution in [3.63, 3.8) is 0 Å². The second kappa shape index (κ2) is 7.04. The lowest BCUT2D eigenvalue weighted by molar-refractivity contribution is 0.105. The fourth-order valence-corrected chi connectivity index (χ4v) is 3.82. The molecule has 2 heteroatoms. The van der Waals surface area contributed by atoms with Gasteiger partial charge in [0.2, 0.25) is 5.88 Å². The predicted octanol–water partition coefficient (Wildman–Crippen LogP) is 5.94. The summed E-state index contributed by atoms with van der Waals surface area (Å²) >= 11 is 0. The van der Waals surface area contributed by atoms with Crippen molar-refractivity contribution < 1.29 is 4.74 Å². The van der Waals surface area contributed by atoms with E-state index in [9.17, 15) is 0 Å². The molecule has 0 saturated heterocycles. The van der Waals surface area contributed by atoms with Crippen molar-refractivity contribution in [3.05, 3.63) is 72.4 Å². The van der Waals surface area contributed by atoms with Gasteiger partial charge < -0.3 is 4.74 Å². The van der Waals surface area contributed by atoms with E-state index in [2.05, 4.69) is 59.6 Å². The summed E-state index contributed by atoms with van der Waals surface area (Å²) in [5, 5.41) is 2.27. The van der Waals surface area contributed by atoms with Crippen LogP contribution in [0.25, 0.3) is 10.8 Å². The summed E-state index contributed by atoms with van der Waals surface area (Å²) in [6.45, 7) is 0. The van der Waals surface area contributed by atoms with Gasteiger partial charge in [-0.05, 0) is 35.9 Å². The molecule has 0 N–H and O–H groups in total. The molecule has 122 valence electrons. The van der Waals surface area contributed by atoms with Gasteiger partial charge in [0.1, 0.15) is 6.10 Å². The second-order valence-electron chi connectivity index (χ2n) is 6.68. The maximum Gasteiger partial charge on any atom is 0.221 e. The van der Waals surface area contributed by atoms with Gasteiger partial charge >= 0.3 is 0 Å².